The molecule has 1 N–H and O–H groups in total. The lowest BCUT2D eigenvalue weighted by atomic mass is 10.1. The molecular formula is C19H21NO5. The van der Waals surface area contributed by atoms with Crippen molar-refractivity contribution < 1.29 is 23.8 Å². The minimum absolute atomic E-state index is 0.203. The van der Waals surface area contributed by atoms with Gasteiger partial charge in [0.05, 0.1) is 19.9 Å². The molecule has 0 aliphatic rings. The molecule has 2 rings (SSSR count). The van der Waals surface area contributed by atoms with Gasteiger partial charge in [-0.1, -0.05) is 24.3 Å². The summed E-state index contributed by atoms with van der Waals surface area (Å²) in [6, 6.07) is 14.5. The van der Waals surface area contributed by atoms with Gasteiger partial charge < -0.3 is 19.5 Å². The number of esters is 1. The maximum atomic E-state index is 11.9. The van der Waals surface area contributed by atoms with E-state index in [4.69, 9.17) is 14.2 Å². The van der Waals surface area contributed by atoms with Crippen LogP contribution in [0.15, 0.2) is 48.5 Å². The highest BCUT2D eigenvalue weighted by molar-refractivity contribution is 5.94. The first kappa shape index (κ1) is 18.3. The number of carbonyl (C=O) groups excluding carboxylic acids is 2. The number of hydrogen-bond donors (Lipinski definition) is 1. The van der Waals surface area contributed by atoms with E-state index in [2.05, 4.69) is 5.32 Å². The molecule has 2 aromatic rings. The molecule has 6 nitrogen and oxygen atoms in total. The maximum Gasteiger partial charge on any atom is 0.306 e. The largest absolute Gasteiger partial charge is 0.497 e. The van der Waals surface area contributed by atoms with Gasteiger partial charge in [-0.2, -0.15) is 0 Å². The smallest absolute Gasteiger partial charge is 0.306 e. The van der Waals surface area contributed by atoms with Crippen LogP contribution in [-0.4, -0.2) is 32.7 Å². The highest BCUT2D eigenvalue weighted by Gasteiger charge is 2.10. The van der Waals surface area contributed by atoms with Crippen LogP contribution in [0.3, 0.4) is 0 Å². The normalized spacial score (nSPS) is 10.0. The average Bonchev–Trinajstić information content (AvgIpc) is 2.65. The number of rotatable bonds is 8. The molecule has 25 heavy (non-hydrogen) atoms. The number of anilines is 1. The zero-order valence-electron chi connectivity index (χ0n) is 14.3. The van der Waals surface area contributed by atoms with Crippen molar-refractivity contribution in [1.82, 2.24) is 0 Å². The molecule has 0 spiro atoms. The second-order valence-corrected chi connectivity index (χ2v) is 5.26. The number of para-hydroxylation sites is 2. The van der Waals surface area contributed by atoms with Gasteiger partial charge in [0.2, 0.25) is 0 Å². The van der Waals surface area contributed by atoms with Gasteiger partial charge in [-0.05, 0) is 36.2 Å². The van der Waals surface area contributed by atoms with E-state index in [1.165, 1.54) is 7.11 Å². The van der Waals surface area contributed by atoms with Crippen LogP contribution in [0.2, 0.25) is 0 Å². The lowest BCUT2D eigenvalue weighted by molar-refractivity contribution is -0.147. The lowest BCUT2D eigenvalue weighted by Gasteiger charge is -2.10. The molecule has 6 heteroatoms. The Kier molecular flexibility index (Phi) is 6.83. The van der Waals surface area contributed by atoms with Crippen molar-refractivity contribution in [2.24, 2.45) is 0 Å². The predicted octanol–water partition coefficient (Wildman–Crippen LogP) is 2.82. The maximum absolute atomic E-state index is 11.9. The summed E-state index contributed by atoms with van der Waals surface area (Å²) in [7, 11) is 3.12. The molecule has 0 fully saturated rings. The van der Waals surface area contributed by atoms with Crippen molar-refractivity contribution in [2.75, 3.05) is 26.1 Å². The number of methoxy groups -OCH3 is 2. The Morgan fingerprint density at radius 2 is 1.68 bits per heavy atom. The van der Waals surface area contributed by atoms with Gasteiger partial charge in [0.15, 0.2) is 6.61 Å². The first-order valence-electron chi connectivity index (χ1n) is 7.84. The summed E-state index contributed by atoms with van der Waals surface area (Å²) in [4.78, 5) is 23.6. The van der Waals surface area contributed by atoms with Gasteiger partial charge in [-0.25, -0.2) is 0 Å². The van der Waals surface area contributed by atoms with Crippen LogP contribution in [0.1, 0.15) is 12.0 Å². The van der Waals surface area contributed by atoms with Crippen molar-refractivity contribution in [3.05, 3.63) is 54.1 Å². The molecule has 0 heterocycles. The van der Waals surface area contributed by atoms with Gasteiger partial charge in [0.1, 0.15) is 11.5 Å². The van der Waals surface area contributed by atoms with Crippen LogP contribution < -0.4 is 14.8 Å². The third-order valence-corrected chi connectivity index (χ3v) is 3.52. The molecule has 2 aromatic carbocycles. The molecule has 0 aliphatic carbocycles. The Labute approximate surface area is 146 Å². The summed E-state index contributed by atoms with van der Waals surface area (Å²) in [5.41, 5.74) is 1.53. The number of nitrogens with one attached hydrogen (secondary N) is 1. The molecule has 0 atom stereocenters. The summed E-state index contributed by atoms with van der Waals surface area (Å²) >= 11 is 0. The van der Waals surface area contributed by atoms with E-state index in [1.54, 1.807) is 31.4 Å². The molecule has 0 saturated carbocycles. The molecule has 132 valence electrons. The Hall–Kier alpha value is -3.02. The average molecular weight is 343 g/mol. The van der Waals surface area contributed by atoms with Crippen LogP contribution in [-0.2, 0) is 20.7 Å². The van der Waals surface area contributed by atoms with E-state index >= 15 is 0 Å². The SMILES string of the molecule is COc1ccc(CCC(=O)OCC(=O)Nc2ccccc2OC)cc1. The fraction of sp³-hybridized carbons (Fsp3) is 0.263. The second-order valence-electron chi connectivity index (χ2n) is 5.26. The molecule has 0 radical (unpaired) electrons. The standard InChI is InChI=1S/C19H21NO5/c1-23-15-10-7-14(8-11-15)9-12-19(22)25-13-18(21)20-16-5-3-4-6-17(16)24-2/h3-8,10-11H,9,12-13H2,1-2H3,(H,20,21). The molecule has 0 unspecified atom stereocenters. The van der Waals surface area contributed by atoms with Gasteiger partial charge in [-0.15, -0.1) is 0 Å². The Bertz CT molecular complexity index is 712. The quantitative estimate of drug-likeness (QED) is 0.746. The molecular weight excluding hydrogens is 322 g/mol. The number of hydrogen-bond acceptors (Lipinski definition) is 5. The monoisotopic (exact) mass is 343 g/mol. The van der Waals surface area contributed by atoms with Crippen molar-refractivity contribution in [1.29, 1.82) is 0 Å². The summed E-state index contributed by atoms with van der Waals surface area (Å²) in [6.45, 7) is -0.334. The number of amides is 1. The van der Waals surface area contributed by atoms with E-state index in [0.29, 0.717) is 17.9 Å². The van der Waals surface area contributed by atoms with Crippen LogP contribution in [0.5, 0.6) is 11.5 Å². The molecule has 0 bridgehead atoms. The first-order chi connectivity index (χ1) is 12.1. The summed E-state index contributed by atoms with van der Waals surface area (Å²) in [6.07, 6.45) is 0.741. The third kappa shape index (κ3) is 5.84. The Morgan fingerprint density at radius 3 is 2.36 bits per heavy atom. The molecule has 0 aliphatic heterocycles. The Balaban J connectivity index is 1.74. The van der Waals surface area contributed by atoms with Crippen molar-refractivity contribution in [2.45, 2.75) is 12.8 Å². The first-order valence-corrected chi connectivity index (χ1v) is 7.84. The highest BCUT2D eigenvalue weighted by Crippen LogP contribution is 2.22. The van der Waals surface area contributed by atoms with Crippen LogP contribution in [0, 0.1) is 0 Å². The van der Waals surface area contributed by atoms with E-state index in [-0.39, 0.29) is 13.0 Å². The topological polar surface area (TPSA) is 73.9 Å². The fourth-order valence-electron chi connectivity index (χ4n) is 2.19. The van der Waals surface area contributed by atoms with Crippen LogP contribution in [0.4, 0.5) is 5.69 Å². The zero-order chi connectivity index (χ0) is 18.1. The van der Waals surface area contributed by atoms with Crippen LogP contribution >= 0.6 is 0 Å². The Morgan fingerprint density at radius 1 is 0.960 bits per heavy atom. The van der Waals surface area contributed by atoms with Gasteiger partial charge in [0, 0.05) is 6.42 Å². The van der Waals surface area contributed by atoms with Crippen molar-refractivity contribution >= 4 is 17.6 Å². The minimum atomic E-state index is -0.425. The van der Waals surface area contributed by atoms with E-state index in [9.17, 15) is 9.59 Å². The second kappa shape index (κ2) is 9.32. The van der Waals surface area contributed by atoms with E-state index < -0.39 is 11.9 Å². The van der Waals surface area contributed by atoms with Crippen LogP contribution in [0.25, 0.3) is 0 Å². The summed E-state index contributed by atoms with van der Waals surface area (Å²) < 4.78 is 15.2. The molecule has 0 saturated heterocycles. The van der Waals surface area contributed by atoms with Gasteiger partial charge in [-0.3, -0.25) is 9.59 Å². The molecule has 0 aromatic heterocycles. The fourth-order valence-corrected chi connectivity index (χ4v) is 2.19. The molecule has 1 amide bonds. The van der Waals surface area contributed by atoms with E-state index in [0.717, 1.165) is 11.3 Å². The van der Waals surface area contributed by atoms with Gasteiger partial charge in [0.25, 0.3) is 5.91 Å². The third-order valence-electron chi connectivity index (χ3n) is 3.52. The number of carbonyl (C=O) groups is 2. The van der Waals surface area contributed by atoms with Crippen molar-refractivity contribution in [3.63, 3.8) is 0 Å². The summed E-state index contributed by atoms with van der Waals surface area (Å²) in [5.74, 6) is 0.467. The lowest BCUT2D eigenvalue weighted by Crippen LogP contribution is -2.21. The number of benzene rings is 2. The minimum Gasteiger partial charge on any atom is -0.497 e. The summed E-state index contributed by atoms with van der Waals surface area (Å²) in [5, 5.41) is 2.65. The van der Waals surface area contributed by atoms with Gasteiger partial charge >= 0.3 is 5.97 Å². The number of aryl methyl sites for hydroxylation is 1. The predicted molar refractivity (Wildman–Crippen MR) is 93.9 cm³/mol. The van der Waals surface area contributed by atoms with Crippen molar-refractivity contribution in [3.8, 4) is 11.5 Å². The van der Waals surface area contributed by atoms with E-state index in [1.807, 2.05) is 24.3 Å². The highest BCUT2D eigenvalue weighted by atomic mass is 16.5. The number of ether oxygens (including phenoxy) is 3. The zero-order valence-corrected chi connectivity index (χ0v) is 14.3.